The van der Waals surface area contributed by atoms with E-state index in [0.29, 0.717) is 15.6 Å². The molecule has 6 nitrogen and oxygen atoms in total. The van der Waals surface area contributed by atoms with Crippen LogP contribution in [0.1, 0.15) is 32.4 Å². The van der Waals surface area contributed by atoms with Crippen molar-refractivity contribution < 1.29 is 14.7 Å². The highest BCUT2D eigenvalue weighted by Gasteiger charge is 2.46. The Kier molecular flexibility index (Phi) is 4.68. The normalized spacial score (nSPS) is 16.5. The second kappa shape index (κ2) is 7.40. The van der Waals surface area contributed by atoms with E-state index in [2.05, 4.69) is 4.98 Å². The zero-order valence-electron chi connectivity index (χ0n) is 16.7. The van der Waals surface area contributed by atoms with Crippen LogP contribution in [0.3, 0.4) is 0 Å². The quantitative estimate of drug-likeness (QED) is 0.437. The van der Waals surface area contributed by atoms with Crippen LogP contribution in [0.5, 0.6) is 0 Å². The molecule has 0 spiro atoms. The minimum Gasteiger partial charge on any atom is -0.503 e. The van der Waals surface area contributed by atoms with Crippen LogP contribution in [-0.4, -0.2) is 26.8 Å². The maximum Gasteiger partial charge on any atom is 0.296 e. The summed E-state index contributed by atoms with van der Waals surface area (Å²) >= 11 is 2.64. The van der Waals surface area contributed by atoms with Crippen molar-refractivity contribution in [1.29, 1.82) is 0 Å². The summed E-state index contributed by atoms with van der Waals surface area (Å²) in [6.45, 7) is 3.99. The van der Waals surface area contributed by atoms with Gasteiger partial charge in [0, 0.05) is 12.4 Å². The van der Waals surface area contributed by atoms with Gasteiger partial charge in [0.15, 0.2) is 10.9 Å². The molecule has 0 saturated heterocycles. The van der Waals surface area contributed by atoms with Crippen LogP contribution in [-0.2, 0) is 4.79 Å². The van der Waals surface area contributed by atoms with E-state index in [1.54, 1.807) is 42.0 Å². The molecule has 0 radical (unpaired) electrons. The van der Waals surface area contributed by atoms with Crippen molar-refractivity contribution in [3.8, 4) is 0 Å². The van der Waals surface area contributed by atoms with Crippen molar-refractivity contribution in [2.45, 2.75) is 19.9 Å². The van der Waals surface area contributed by atoms with Gasteiger partial charge in [0.05, 0.1) is 26.7 Å². The largest absolute Gasteiger partial charge is 0.503 e. The lowest BCUT2D eigenvalue weighted by atomic mass is 9.96. The van der Waals surface area contributed by atoms with Gasteiger partial charge in [-0.2, -0.15) is 0 Å². The van der Waals surface area contributed by atoms with E-state index in [4.69, 9.17) is 4.98 Å². The van der Waals surface area contributed by atoms with Crippen molar-refractivity contribution in [2.75, 3.05) is 4.90 Å². The number of aliphatic hydroxyl groups excluding tert-OH is 1. The van der Waals surface area contributed by atoms with Crippen molar-refractivity contribution in [3.63, 3.8) is 0 Å². The minimum absolute atomic E-state index is 0.0609. The second-order valence-electron chi connectivity index (χ2n) is 7.35. The number of carbonyl (C=O) groups is 2. The monoisotopic (exact) mass is 447 g/mol. The molecule has 5 rings (SSSR count). The lowest BCUT2D eigenvalue weighted by molar-refractivity contribution is -0.117. The zero-order valence-corrected chi connectivity index (χ0v) is 18.3. The van der Waals surface area contributed by atoms with Gasteiger partial charge in [-0.3, -0.25) is 19.5 Å². The number of thiophene rings is 1. The van der Waals surface area contributed by atoms with Crippen molar-refractivity contribution in [3.05, 3.63) is 87.1 Å². The van der Waals surface area contributed by atoms with E-state index in [1.165, 1.54) is 27.6 Å². The number of ketones is 1. The summed E-state index contributed by atoms with van der Waals surface area (Å²) in [6.07, 6.45) is 3.21. The number of aromatic nitrogens is 2. The molecule has 31 heavy (non-hydrogen) atoms. The summed E-state index contributed by atoms with van der Waals surface area (Å²) < 4.78 is 0.950. The topological polar surface area (TPSA) is 83.4 Å². The molecule has 1 aliphatic rings. The highest BCUT2D eigenvalue weighted by atomic mass is 32.1. The summed E-state index contributed by atoms with van der Waals surface area (Å²) in [4.78, 5) is 37.1. The Morgan fingerprint density at radius 3 is 2.65 bits per heavy atom. The summed E-state index contributed by atoms with van der Waals surface area (Å²) in [7, 11) is 0. The number of nitrogens with zero attached hydrogens (tertiary/aromatic N) is 3. The van der Waals surface area contributed by atoms with Gasteiger partial charge in [-0.25, -0.2) is 4.98 Å². The molecule has 0 bridgehead atoms. The number of pyridine rings is 1. The fourth-order valence-electron chi connectivity index (χ4n) is 3.90. The predicted octanol–water partition coefficient (Wildman–Crippen LogP) is 5.15. The van der Waals surface area contributed by atoms with Gasteiger partial charge in [0.25, 0.3) is 5.91 Å². The number of aryl methyl sites for hydroxylation is 2. The average molecular weight is 448 g/mol. The summed E-state index contributed by atoms with van der Waals surface area (Å²) in [5.74, 6) is -1.53. The molecule has 4 aromatic rings. The molecule has 1 aliphatic heterocycles. The number of hydrogen-bond donors (Lipinski definition) is 1. The standard InChI is InChI=1S/C23H17N3O3S2/c1-12-10-13(2)18-16(11-12)31-23(25-18)26-19(14-5-7-24-8-6-14)17(21(28)22(26)29)20(27)15-4-3-9-30-15/h3-11,19,28H,1-2H3. The van der Waals surface area contributed by atoms with Gasteiger partial charge in [-0.05, 0) is 60.2 Å². The Bertz CT molecular complexity index is 1360. The first-order chi connectivity index (χ1) is 15.0. The Hall–Kier alpha value is -3.36. The lowest BCUT2D eigenvalue weighted by Gasteiger charge is -2.24. The molecular formula is C23H17N3O3S2. The van der Waals surface area contributed by atoms with Gasteiger partial charge < -0.3 is 5.11 Å². The van der Waals surface area contributed by atoms with Gasteiger partial charge in [-0.15, -0.1) is 11.3 Å². The SMILES string of the molecule is Cc1cc(C)c2nc(N3C(=O)C(O)=C(C(=O)c4cccs4)C3c3ccncc3)sc2c1. The third-order valence-electron chi connectivity index (χ3n) is 5.24. The fraction of sp³-hybridized carbons (Fsp3) is 0.130. The Morgan fingerprint density at radius 1 is 1.16 bits per heavy atom. The number of amides is 1. The van der Waals surface area contributed by atoms with Crippen molar-refractivity contribution in [1.82, 2.24) is 9.97 Å². The van der Waals surface area contributed by atoms with Gasteiger partial charge >= 0.3 is 0 Å². The first-order valence-electron chi connectivity index (χ1n) is 9.58. The van der Waals surface area contributed by atoms with Crippen molar-refractivity contribution >= 4 is 49.7 Å². The van der Waals surface area contributed by atoms with Gasteiger partial charge in [-0.1, -0.05) is 23.5 Å². The minimum atomic E-state index is -0.785. The van der Waals surface area contributed by atoms with Gasteiger partial charge in [0.1, 0.15) is 0 Å². The molecule has 0 aliphatic carbocycles. The molecule has 4 heterocycles. The summed E-state index contributed by atoms with van der Waals surface area (Å²) in [5, 5.41) is 13.0. The highest BCUT2D eigenvalue weighted by Crippen LogP contribution is 2.44. The Labute approximate surface area is 186 Å². The molecule has 1 amide bonds. The first-order valence-corrected chi connectivity index (χ1v) is 11.3. The molecule has 1 N–H and O–H groups in total. The Balaban J connectivity index is 1.69. The highest BCUT2D eigenvalue weighted by molar-refractivity contribution is 7.22. The fourth-order valence-corrected chi connectivity index (χ4v) is 5.74. The molecule has 8 heteroatoms. The third kappa shape index (κ3) is 3.15. The number of rotatable bonds is 4. The maximum absolute atomic E-state index is 13.3. The van der Waals surface area contributed by atoms with Crippen molar-refractivity contribution in [2.24, 2.45) is 0 Å². The predicted molar refractivity (Wildman–Crippen MR) is 122 cm³/mol. The first kappa shape index (κ1) is 19.6. The molecule has 3 aromatic heterocycles. The van der Waals surface area contributed by atoms with Crippen LogP contribution >= 0.6 is 22.7 Å². The second-order valence-corrected chi connectivity index (χ2v) is 9.31. The van der Waals surface area contributed by atoms with Crippen LogP contribution in [0.25, 0.3) is 10.2 Å². The van der Waals surface area contributed by atoms with E-state index in [1.807, 2.05) is 26.0 Å². The van der Waals surface area contributed by atoms with E-state index < -0.39 is 17.7 Å². The van der Waals surface area contributed by atoms with Crippen LogP contribution in [0, 0.1) is 13.8 Å². The zero-order chi connectivity index (χ0) is 21.7. The summed E-state index contributed by atoms with van der Waals surface area (Å²) in [6, 6.07) is 10.2. The van der Waals surface area contributed by atoms with E-state index >= 15 is 0 Å². The Morgan fingerprint density at radius 2 is 1.94 bits per heavy atom. The number of thiazole rings is 1. The maximum atomic E-state index is 13.3. The third-order valence-corrected chi connectivity index (χ3v) is 7.11. The number of benzene rings is 1. The van der Waals surface area contributed by atoms with Crippen LogP contribution in [0.4, 0.5) is 5.13 Å². The number of fused-ring (bicyclic) bond motifs is 1. The van der Waals surface area contributed by atoms with E-state index in [0.717, 1.165) is 21.3 Å². The molecular weight excluding hydrogens is 430 g/mol. The molecule has 1 unspecified atom stereocenters. The smallest absolute Gasteiger partial charge is 0.296 e. The van der Waals surface area contributed by atoms with Crippen LogP contribution < -0.4 is 4.90 Å². The molecule has 154 valence electrons. The molecule has 1 atom stereocenters. The number of carbonyl (C=O) groups excluding carboxylic acids is 2. The van der Waals surface area contributed by atoms with Crippen LogP contribution in [0.15, 0.2) is 65.5 Å². The van der Waals surface area contributed by atoms with E-state index in [-0.39, 0.29) is 11.4 Å². The lowest BCUT2D eigenvalue weighted by Crippen LogP contribution is -2.30. The van der Waals surface area contributed by atoms with Crippen LogP contribution in [0.2, 0.25) is 0 Å². The molecule has 0 saturated carbocycles. The average Bonchev–Trinajstić information content (AvgIpc) is 3.48. The molecule has 0 fully saturated rings. The van der Waals surface area contributed by atoms with Gasteiger partial charge in [0.2, 0.25) is 5.78 Å². The number of hydrogen-bond acceptors (Lipinski definition) is 7. The summed E-state index contributed by atoms with van der Waals surface area (Å²) in [5.41, 5.74) is 3.67. The number of aliphatic hydroxyl groups is 1. The number of anilines is 1. The number of Topliss-reactive ketones (excluding diaryl/α,β-unsaturated/α-hetero) is 1. The van der Waals surface area contributed by atoms with E-state index in [9.17, 15) is 14.7 Å². The molecule has 1 aromatic carbocycles.